The zero-order valence-electron chi connectivity index (χ0n) is 11.1. The lowest BCUT2D eigenvalue weighted by Crippen LogP contribution is -2.46. The normalized spacial score (nSPS) is 24.1. The summed E-state index contributed by atoms with van der Waals surface area (Å²) < 4.78 is 35.9. The predicted octanol–water partition coefficient (Wildman–Crippen LogP) is 3.83. The maximum atomic E-state index is 12.0. The van der Waals surface area contributed by atoms with Gasteiger partial charge in [0.15, 0.2) is 5.17 Å². The average molecular weight is 282 g/mol. The first-order chi connectivity index (χ1) is 8.18. The zero-order valence-corrected chi connectivity index (χ0v) is 11.9. The molecule has 18 heavy (non-hydrogen) atoms. The second-order valence-corrected chi connectivity index (χ2v) is 6.69. The third-order valence-corrected chi connectivity index (χ3v) is 3.82. The number of nitrogens with one attached hydrogen (secondary N) is 1. The molecular formula is C12H21F3N2S. The monoisotopic (exact) mass is 282 g/mol. The first-order valence-corrected chi connectivity index (χ1v) is 7.17. The summed E-state index contributed by atoms with van der Waals surface area (Å²) in [5.41, 5.74) is 0.147. The SMILES string of the molecule is CC(C)(C)C1CCSC(=NCCCC(F)(F)F)N1. The van der Waals surface area contributed by atoms with Crippen LogP contribution < -0.4 is 5.32 Å². The lowest BCUT2D eigenvalue weighted by Gasteiger charge is -2.35. The lowest BCUT2D eigenvalue weighted by molar-refractivity contribution is -0.134. The fraction of sp³-hybridized carbons (Fsp3) is 0.917. The molecule has 0 spiro atoms. The Labute approximate surface area is 111 Å². The van der Waals surface area contributed by atoms with Gasteiger partial charge < -0.3 is 5.32 Å². The van der Waals surface area contributed by atoms with Crippen LogP contribution in [0.2, 0.25) is 0 Å². The van der Waals surface area contributed by atoms with Gasteiger partial charge in [-0.3, -0.25) is 4.99 Å². The smallest absolute Gasteiger partial charge is 0.362 e. The van der Waals surface area contributed by atoms with Crippen molar-refractivity contribution in [2.24, 2.45) is 10.4 Å². The van der Waals surface area contributed by atoms with E-state index in [1.807, 2.05) is 0 Å². The summed E-state index contributed by atoms with van der Waals surface area (Å²) >= 11 is 1.60. The minimum absolute atomic E-state index is 0.0649. The Morgan fingerprint density at radius 3 is 2.56 bits per heavy atom. The van der Waals surface area contributed by atoms with Crippen molar-refractivity contribution in [3.05, 3.63) is 0 Å². The number of amidine groups is 1. The molecule has 1 unspecified atom stereocenters. The third-order valence-electron chi connectivity index (χ3n) is 2.86. The van der Waals surface area contributed by atoms with E-state index in [0.717, 1.165) is 17.3 Å². The summed E-state index contributed by atoms with van der Waals surface area (Å²) in [5, 5.41) is 4.12. The summed E-state index contributed by atoms with van der Waals surface area (Å²) in [4.78, 5) is 4.22. The molecule has 0 aliphatic carbocycles. The van der Waals surface area contributed by atoms with Gasteiger partial charge in [-0.1, -0.05) is 32.5 Å². The summed E-state index contributed by atoms with van der Waals surface area (Å²) in [6.45, 7) is 6.71. The minimum Gasteiger partial charge on any atom is -0.362 e. The van der Waals surface area contributed by atoms with Gasteiger partial charge in [-0.25, -0.2) is 0 Å². The summed E-state index contributed by atoms with van der Waals surface area (Å²) in [5.74, 6) is 0.979. The van der Waals surface area contributed by atoms with Crippen LogP contribution in [0.4, 0.5) is 13.2 Å². The summed E-state index contributed by atoms with van der Waals surface area (Å²) in [6, 6.07) is 0.347. The molecule has 0 saturated carbocycles. The Morgan fingerprint density at radius 1 is 1.33 bits per heavy atom. The van der Waals surface area contributed by atoms with Crippen molar-refractivity contribution in [1.82, 2.24) is 5.32 Å². The minimum atomic E-state index is -4.07. The number of hydrogen-bond acceptors (Lipinski definition) is 2. The van der Waals surface area contributed by atoms with E-state index in [1.54, 1.807) is 11.8 Å². The van der Waals surface area contributed by atoms with Crippen LogP contribution in [-0.2, 0) is 0 Å². The van der Waals surface area contributed by atoms with Crippen LogP contribution in [-0.4, -0.2) is 29.7 Å². The number of halogens is 3. The van der Waals surface area contributed by atoms with Gasteiger partial charge in [0.1, 0.15) is 0 Å². The van der Waals surface area contributed by atoms with Crippen LogP contribution in [0.3, 0.4) is 0 Å². The average Bonchev–Trinajstić information content (AvgIpc) is 2.22. The predicted molar refractivity (Wildman–Crippen MR) is 71.0 cm³/mol. The molecule has 0 bridgehead atoms. The van der Waals surface area contributed by atoms with Crippen LogP contribution in [0.1, 0.15) is 40.0 Å². The molecule has 1 rings (SSSR count). The van der Waals surface area contributed by atoms with Gasteiger partial charge in [-0.05, 0) is 18.3 Å². The molecule has 0 aromatic carbocycles. The topological polar surface area (TPSA) is 24.4 Å². The molecule has 1 aliphatic heterocycles. The summed E-state index contributed by atoms with van der Waals surface area (Å²) in [6.07, 6.45) is -3.69. The Morgan fingerprint density at radius 2 is 2.00 bits per heavy atom. The molecule has 0 radical (unpaired) electrons. The van der Waals surface area contributed by atoms with Gasteiger partial charge in [0.25, 0.3) is 0 Å². The number of rotatable bonds is 3. The zero-order chi connectivity index (χ0) is 13.8. The molecule has 0 aromatic heterocycles. The molecule has 106 valence electrons. The van der Waals surface area contributed by atoms with E-state index in [1.165, 1.54) is 0 Å². The van der Waals surface area contributed by atoms with E-state index in [-0.39, 0.29) is 18.4 Å². The van der Waals surface area contributed by atoms with E-state index >= 15 is 0 Å². The van der Waals surface area contributed by atoms with E-state index in [9.17, 15) is 13.2 Å². The van der Waals surface area contributed by atoms with E-state index < -0.39 is 12.6 Å². The highest BCUT2D eigenvalue weighted by molar-refractivity contribution is 8.13. The molecule has 0 amide bonds. The standard InChI is InChI=1S/C12H21F3N2S/c1-11(2,3)9-5-8-18-10(17-9)16-7-4-6-12(13,14)15/h9H,4-8H2,1-3H3,(H,16,17). The number of nitrogens with zero attached hydrogens (tertiary/aromatic N) is 1. The van der Waals surface area contributed by atoms with Crippen molar-refractivity contribution in [2.45, 2.75) is 52.3 Å². The van der Waals surface area contributed by atoms with Gasteiger partial charge in [0.05, 0.1) is 0 Å². The molecule has 0 aromatic rings. The van der Waals surface area contributed by atoms with Gasteiger partial charge >= 0.3 is 6.18 Å². The highest BCUT2D eigenvalue weighted by Crippen LogP contribution is 2.27. The number of aliphatic imine (C=N–C) groups is 1. The van der Waals surface area contributed by atoms with Gasteiger partial charge in [-0.2, -0.15) is 13.2 Å². The van der Waals surface area contributed by atoms with Gasteiger partial charge in [0, 0.05) is 24.8 Å². The van der Waals surface area contributed by atoms with Crippen LogP contribution in [0.15, 0.2) is 4.99 Å². The van der Waals surface area contributed by atoms with Crippen molar-refractivity contribution >= 4 is 16.9 Å². The Bertz CT molecular complexity index is 295. The summed E-state index contributed by atoms with van der Waals surface area (Å²) in [7, 11) is 0. The Balaban J connectivity index is 2.37. The van der Waals surface area contributed by atoms with E-state index in [2.05, 4.69) is 31.1 Å². The van der Waals surface area contributed by atoms with Crippen LogP contribution >= 0.6 is 11.8 Å². The molecule has 1 fully saturated rings. The second kappa shape index (κ2) is 6.17. The van der Waals surface area contributed by atoms with Gasteiger partial charge in [-0.15, -0.1) is 0 Å². The maximum Gasteiger partial charge on any atom is 0.389 e. The number of thioether (sulfide) groups is 1. The maximum absolute atomic E-state index is 12.0. The molecule has 6 heteroatoms. The highest BCUT2D eigenvalue weighted by Gasteiger charge is 2.29. The van der Waals surface area contributed by atoms with Crippen molar-refractivity contribution in [1.29, 1.82) is 0 Å². The molecule has 1 saturated heterocycles. The van der Waals surface area contributed by atoms with E-state index in [4.69, 9.17) is 0 Å². The van der Waals surface area contributed by atoms with E-state index in [0.29, 0.717) is 6.04 Å². The van der Waals surface area contributed by atoms with Crippen LogP contribution in [0, 0.1) is 5.41 Å². The van der Waals surface area contributed by atoms with Crippen molar-refractivity contribution in [3.8, 4) is 0 Å². The number of alkyl halides is 3. The first-order valence-electron chi connectivity index (χ1n) is 6.19. The van der Waals surface area contributed by atoms with Crippen molar-refractivity contribution < 1.29 is 13.2 Å². The molecule has 1 aliphatic rings. The largest absolute Gasteiger partial charge is 0.389 e. The molecule has 2 nitrogen and oxygen atoms in total. The number of hydrogen-bond donors (Lipinski definition) is 1. The lowest BCUT2D eigenvalue weighted by atomic mass is 9.85. The third kappa shape index (κ3) is 5.98. The Kier molecular flexibility index (Phi) is 5.37. The fourth-order valence-electron chi connectivity index (χ4n) is 1.74. The Hall–Kier alpha value is -0.390. The molecule has 1 atom stereocenters. The van der Waals surface area contributed by atoms with Gasteiger partial charge in [0.2, 0.25) is 0 Å². The fourth-order valence-corrected chi connectivity index (χ4v) is 2.69. The van der Waals surface area contributed by atoms with Crippen molar-refractivity contribution in [2.75, 3.05) is 12.3 Å². The first kappa shape index (κ1) is 15.7. The van der Waals surface area contributed by atoms with Crippen LogP contribution in [0.25, 0.3) is 0 Å². The van der Waals surface area contributed by atoms with Crippen LogP contribution in [0.5, 0.6) is 0 Å². The molecular weight excluding hydrogens is 261 g/mol. The van der Waals surface area contributed by atoms with Crippen molar-refractivity contribution in [3.63, 3.8) is 0 Å². The molecule has 1 N–H and O–H groups in total. The highest BCUT2D eigenvalue weighted by atomic mass is 32.2. The molecule has 1 heterocycles. The second-order valence-electron chi connectivity index (χ2n) is 5.61. The quantitative estimate of drug-likeness (QED) is 0.796.